The van der Waals surface area contributed by atoms with Gasteiger partial charge in [-0.3, -0.25) is 14.4 Å². The normalized spacial score (nSPS) is 10.4. The second-order valence-corrected chi connectivity index (χ2v) is 6.64. The van der Waals surface area contributed by atoms with E-state index in [9.17, 15) is 14.4 Å². The predicted molar refractivity (Wildman–Crippen MR) is 70.7 cm³/mol. The first-order chi connectivity index (χ1) is 8.95. The van der Waals surface area contributed by atoms with Crippen LogP contribution in [0.2, 0.25) is 0 Å². The molecule has 0 saturated heterocycles. The smallest absolute Gasteiger partial charge is 0.303 e. The first-order valence-electron chi connectivity index (χ1n) is 5.99. The molecule has 0 unspecified atom stereocenters. The van der Waals surface area contributed by atoms with Gasteiger partial charge in [-0.2, -0.15) is 0 Å². The molecule has 0 aliphatic heterocycles. The molecule has 0 aliphatic carbocycles. The quantitative estimate of drug-likeness (QED) is 0.395. The minimum atomic E-state index is -0.910. The summed E-state index contributed by atoms with van der Waals surface area (Å²) >= 11 is 0. The number of nitrogens with one attached hydrogen (secondary N) is 1. The zero-order valence-electron chi connectivity index (χ0n) is 10.7. The molecule has 0 aliphatic rings. The molecule has 0 aromatic heterocycles. The lowest BCUT2D eigenvalue weighted by atomic mass is 10.4. The molecule has 8 heteroatoms. The van der Waals surface area contributed by atoms with Gasteiger partial charge in [0.15, 0.2) is 0 Å². The number of hydrogen-bond donors (Lipinski definition) is 4. The van der Waals surface area contributed by atoms with Crippen LogP contribution < -0.4 is 5.32 Å². The van der Waals surface area contributed by atoms with Crippen LogP contribution >= 0.6 is 7.92 Å². The zero-order valence-corrected chi connectivity index (χ0v) is 11.6. The van der Waals surface area contributed by atoms with E-state index >= 15 is 0 Å². The third kappa shape index (κ3) is 11.6. The van der Waals surface area contributed by atoms with Crippen molar-refractivity contribution < 1.29 is 29.7 Å². The van der Waals surface area contributed by atoms with E-state index < -0.39 is 19.9 Å². The fraction of sp³-hybridized carbons (Fsp3) is 0.727. The van der Waals surface area contributed by atoms with Crippen LogP contribution in [0.25, 0.3) is 0 Å². The Morgan fingerprint density at radius 2 is 1.37 bits per heavy atom. The van der Waals surface area contributed by atoms with Crippen molar-refractivity contribution in [3.8, 4) is 0 Å². The summed E-state index contributed by atoms with van der Waals surface area (Å²) in [7, 11) is -0.758. The number of aliphatic hydroxyl groups is 1. The summed E-state index contributed by atoms with van der Waals surface area (Å²) in [5, 5.41) is 28.3. The van der Waals surface area contributed by atoms with Gasteiger partial charge in [-0.15, -0.1) is 7.92 Å². The van der Waals surface area contributed by atoms with E-state index in [4.69, 9.17) is 15.3 Å². The van der Waals surface area contributed by atoms with Crippen molar-refractivity contribution >= 4 is 25.8 Å². The summed E-state index contributed by atoms with van der Waals surface area (Å²) < 4.78 is 0. The lowest BCUT2D eigenvalue weighted by Gasteiger charge is -2.15. The van der Waals surface area contributed by atoms with E-state index in [2.05, 4.69) is 5.32 Å². The summed E-state index contributed by atoms with van der Waals surface area (Å²) in [6, 6.07) is 0. The summed E-state index contributed by atoms with van der Waals surface area (Å²) in [5.41, 5.74) is 0. The zero-order chi connectivity index (χ0) is 14.7. The third-order valence-corrected chi connectivity index (χ3v) is 4.94. The highest BCUT2D eigenvalue weighted by Gasteiger charge is 2.14. The van der Waals surface area contributed by atoms with E-state index in [-0.39, 0.29) is 38.3 Å². The molecule has 0 aromatic rings. The van der Waals surface area contributed by atoms with Crippen molar-refractivity contribution in [3.05, 3.63) is 0 Å². The maximum absolute atomic E-state index is 11.3. The Bertz CT molecular complexity index is 292. The standard InChI is InChI=1S/C11H20NO6P/c13-5-4-12-9(14)1-6-19(7-2-10(15)16)8-3-11(17)18/h13H,1-8H2,(H,12,14)(H,15,16)(H,17,18). The molecule has 0 fully saturated rings. The second-order valence-electron chi connectivity index (χ2n) is 3.95. The molecule has 0 aromatic carbocycles. The number of aliphatic carboxylic acids is 2. The average Bonchev–Trinajstić information content (AvgIpc) is 2.34. The number of hydrogen-bond acceptors (Lipinski definition) is 4. The number of carbonyl (C=O) groups is 3. The van der Waals surface area contributed by atoms with Crippen LogP contribution in [-0.4, -0.2) is 64.8 Å². The lowest BCUT2D eigenvalue weighted by Crippen LogP contribution is -2.26. The first kappa shape index (κ1) is 17.8. The average molecular weight is 293 g/mol. The lowest BCUT2D eigenvalue weighted by molar-refractivity contribution is -0.137. The monoisotopic (exact) mass is 293 g/mol. The van der Waals surface area contributed by atoms with Crippen molar-refractivity contribution in [2.24, 2.45) is 0 Å². The highest BCUT2D eigenvalue weighted by atomic mass is 31.1. The van der Waals surface area contributed by atoms with Gasteiger partial charge in [0.1, 0.15) is 0 Å². The van der Waals surface area contributed by atoms with Crippen LogP contribution in [0.3, 0.4) is 0 Å². The number of carboxylic acids is 2. The highest BCUT2D eigenvalue weighted by molar-refractivity contribution is 7.57. The van der Waals surface area contributed by atoms with Gasteiger partial charge in [0.05, 0.1) is 6.61 Å². The van der Waals surface area contributed by atoms with Gasteiger partial charge in [-0.1, -0.05) is 0 Å². The number of carboxylic acid groups (broad SMARTS) is 2. The van der Waals surface area contributed by atoms with E-state index in [0.29, 0.717) is 18.5 Å². The fourth-order valence-electron chi connectivity index (χ4n) is 1.39. The van der Waals surface area contributed by atoms with Crippen LogP contribution in [0.4, 0.5) is 0 Å². The second kappa shape index (κ2) is 10.7. The molecular weight excluding hydrogens is 273 g/mol. The van der Waals surface area contributed by atoms with Crippen LogP contribution in [0, 0.1) is 0 Å². The van der Waals surface area contributed by atoms with Gasteiger partial charge in [-0.25, -0.2) is 0 Å². The predicted octanol–water partition coefficient (Wildman–Crippen LogP) is -0.0837. The van der Waals surface area contributed by atoms with Gasteiger partial charge in [0, 0.05) is 25.8 Å². The molecule has 4 N–H and O–H groups in total. The molecule has 0 radical (unpaired) electrons. The minimum Gasteiger partial charge on any atom is -0.481 e. The molecule has 0 atom stereocenters. The molecule has 0 saturated carbocycles. The number of rotatable bonds is 11. The third-order valence-electron chi connectivity index (χ3n) is 2.37. The number of amides is 1. The summed E-state index contributed by atoms with van der Waals surface area (Å²) in [4.78, 5) is 32.4. The van der Waals surface area contributed by atoms with Gasteiger partial charge in [-0.05, 0) is 18.5 Å². The van der Waals surface area contributed by atoms with Crippen LogP contribution in [-0.2, 0) is 14.4 Å². The fourth-order valence-corrected chi connectivity index (χ4v) is 3.59. The molecule has 1 amide bonds. The van der Waals surface area contributed by atoms with E-state index in [1.165, 1.54) is 0 Å². The summed E-state index contributed by atoms with van der Waals surface area (Å²) in [5.74, 6) is -2.02. The molecule has 0 heterocycles. The van der Waals surface area contributed by atoms with Crippen LogP contribution in [0.15, 0.2) is 0 Å². The Morgan fingerprint density at radius 1 is 0.895 bits per heavy atom. The molecule has 7 nitrogen and oxygen atoms in total. The Hall–Kier alpha value is -1.20. The van der Waals surface area contributed by atoms with Gasteiger partial charge in [0.2, 0.25) is 5.91 Å². The highest BCUT2D eigenvalue weighted by Crippen LogP contribution is 2.37. The van der Waals surface area contributed by atoms with E-state index in [1.807, 2.05) is 0 Å². The van der Waals surface area contributed by atoms with E-state index in [0.717, 1.165) is 0 Å². The molecule has 0 spiro atoms. The minimum absolute atomic E-state index is 0.00355. The summed E-state index contributed by atoms with van der Waals surface area (Å²) in [6.07, 6.45) is 1.64. The Morgan fingerprint density at radius 3 is 1.79 bits per heavy atom. The maximum Gasteiger partial charge on any atom is 0.303 e. The summed E-state index contributed by atoms with van der Waals surface area (Å²) in [6.45, 7) is 0.0690. The Kier molecular flexibility index (Phi) is 10.0. The van der Waals surface area contributed by atoms with Crippen molar-refractivity contribution in [1.82, 2.24) is 5.32 Å². The first-order valence-corrected chi connectivity index (χ1v) is 7.89. The van der Waals surface area contributed by atoms with Crippen molar-refractivity contribution in [3.63, 3.8) is 0 Å². The Balaban J connectivity index is 4.05. The van der Waals surface area contributed by atoms with Crippen LogP contribution in [0.1, 0.15) is 19.3 Å². The molecular formula is C11H20NO6P. The Labute approximate surface area is 112 Å². The number of carbonyl (C=O) groups excluding carboxylic acids is 1. The number of aliphatic hydroxyl groups excluding tert-OH is 1. The molecule has 19 heavy (non-hydrogen) atoms. The SMILES string of the molecule is O=C(O)CCP(CCC(=O)O)CCC(=O)NCCO. The van der Waals surface area contributed by atoms with Crippen molar-refractivity contribution in [2.45, 2.75) is 19.3 Å². The van der Waals surface area contributed by atoms with Gasteiger partial charge in [0.25, 0.3) is 0 Å². The molecule has 110 valence electrons. The largest absolute Gasteiger partial charge is 0.481 e. The van der Waals surface area contributed by atoms with Gasteiger partial charge >= 0.3 is 11.9 Å². The topological polar surface area (TPSA) is 124 Å². The van der Waals surface area contributed by atoms with Gasteiger partial charge < -0.3 is 20.6 Å². The molecule has 0 bridgehead atoms. The van der Waals surface area contributed by atoms with Crippen molar-refractivity contribution in [2.75, 3.05) is 31.6 Å². The van der Waals surface area contributed by atoms with Crippen molar-refractivity contribution in [1.29, 1.82) is 0 Å². The maximum atomic E-state index is 11.3. The molecule has 0 rings (SSSR count). The van der Waals surface area contributed by atoms with Crippen LogP contribution in [0.5, 0.6) is 0 Å². The van der Waals surface area contributed by atoms with E-state index in [1.54, 1.807) is 0 Å².